The molecule has 0 aliphatic heterocycles. The van der Waals surface area contributed by atoms with Gasteiger partial charge < -0.3 is 5.11 Å². The van der Waals surface area contributed by atoms with Crippen molar-refractivity contribution in [2.75, 3.05) is 0 Å². The molecule has 7 heteroatoms. The van der Waals surface area contributed by atoms with Crippen LogP contribution in [-0.4, -0.2) is 26.1 Å². The van der Waals surface area contributed by atoms with E-state index in [2.05, 4.69) is 10.3 Å². The number of carboxylic acids is 1. The topological polar surface area (TPSA) is 68.0 Å². The lowest BCUT2D eigenvalue weighted by atomic mass is 10.2. The molecule has 0 amide bonds. The average Bonchev–Trinajstić information content (AvgIpc) is 2.75. The quantitative estimate of drug-likeness (QED) is 0.918. The van der Waals surface area contributed by atoms with Gasteiger partial charge in [-0.15, -0.1) is 5.10 Å². The van der Waals surface area contributed by atoms with Gasteiger partial charge in [0.2, 0.25) is 0 Å². The van der Waals surface area contributed by atoms with Crippen LogP contribution in [0.2, 0.25) is 0 Å². The van der Waals surface area contributed by atoms with Crippen LogP contribution in [-0.2, 0) is 13.0 Å². The maximum atomic E-state index is 13.5. The van der Waals surface area contributed by atoms with Crippen molar-refractivity contribution < 1.29 is 18.7 Å². The minimum atomic E-state index is -1.18. The van der Waals surface area contributed by atoms with E-state index in [1.165, 1.54) is 10.7 Å². The van der Waals surface area contributed by atoms with Gasteiger partial charge in [-0.05, 0) is 12.5 Å². The Kier molecular flexibility index (Phi) is 3.55. The molecular weight excluding hydrogens is 256 g/mol. The van der Waals surface area contributed by atoms with E-state index in [1.54, 1.807) is 6.92 Å². The van der Waals surface area contributed by atoms with Gasteiger partial charge in [-0.3, -0.25) is 0 Å². The Morgan fingerprint density at radius 1 is 1.42 bits per heavy atom. The molecule has 2 rings (SSSR count). The van der Waals surface area contributed by atoms with Crippen LogP contribution in [0.15, 0.2) is 18.2 Å². The van der Waals surface area contributed by atoms with Gasteiger partial charge >= 0.3 is 5.97 Å². The lowest BCUT2D eigenvalue weighted by Gasteiger charge is -2.06. The third-order valence-corrected chi connectivity index (χ3v) is 2.71. The largest absolute Gasteiger partial charge is 0.476 e. The first-order chi connectivity index (χ1) is 9.02. The van der Waals surface area contributed by atoms with Crippen LogP contribution >= 0.6 is 0 Å². The van der Waals surface area contributed by atoms with Gasteiger partial charge in [-0.1, -0.05) is 18.2 Å². The molecule has 0 radical (unpaired) electrons. The summed E-state index contributed by atoms with van der Waals surface area (Å²) in [5.41, 5.74) is 0.471. The van der Waals surface area contributed by atoms with E-state index in [0.29, 0.717) is 12.1 Å². The summed E-state index contributed by atoms with van der Waals surface area (Å²) in [4.78, 5) is 10.9. The van der Waals surface area contributed by atoms with E-state index in [4.69, 9.17) is 5.11 Å². The fraction of sp³-hybridized carbons (Fsp3) is 0.250. The minimum Gasteiger partial charge on any atom is -0.476 e. The van der Waals surface area contributed by atoms with E-state index < -0.39 is 17.6 Å². The van der Waals surface area contributed by atoms with Crippen LogP contribution in [0.25, 0.3) is 0 Å². The number of carbonyl (C=O) groups is 1. The Morgan fingerprint density at radius 3 is 2.74 bits per heavy atom. The van der Waals surface area contributed by atoms with Crippen LogP contribution in [0.4, 0.5) is 8.78 Å². The lowest BCUT2D eigenvalue weighted by molar-refractivity contribution is 0.0689. The maximum absolute atomic E-state index is 13.5. The third kappa shape index (κ3) is 2.59. The van der Waals surface area contributed by atoms with E-state index in [-0.39, 0.29) is 17.8 Å². The smallest absolute Gasteiger partial charge is 0.358 e. The number of hydrogen-bond acceptors (Lipinski definition) is 3. The van der Waals surface area contributed by atoms with Crippen molar-refractivity contribution in [1.82, 2.24) is 15.0 Å². The highest BCUT2D eigenvalue weighted by Gasteiger charge is 2.18. The van der Waals surface area contributed by atoms with Crippen molar-refractivity contribution >= 4 is 5.97 Å². The van der Waals surface area contributed by atoms with Crippen LogP contribution in [0, 0.1) is 11.6 Å². The molecule has 2 aromatic rings. The van der Waals surface area contributed by atoms with Gasteiger partial charge in [-0.2, -0.15) is 0 Å². The highest BCUT2D eigenvalue weighted by molar-refractivity contribution is 5.86. The number of aromatic nitrogens is 3. The van der Waals surface area contributed by atoms with Crippen molar-refractivity contribution in [2.45, 2.75) is 19.9 Å². The molecule has 0 aliphatic carbocycles. The number of benzene rings is 1. The molecule has 0 aliphatic rings. The van der Waals surface area contributed by atoms with Gasteiger partial charge in [0, 0.05) is 11.6 Å². The SMILES string of the molecule is CCc1c(C(=O)O)nnn1Cc1ccc(F)cc1F. The zero-order valence-electron chi connectivity index (χ0n) is 10.1. The number of aromatic carboxylic acids is 1. The van der Waals surface area contributed by atoms with E-state index in [1.807, 2.05) is 0 Å². The normalized spacial score (nSPS) is 10.7. The average molecular weight is 267 g/mol. The molecular formula is C12H11F2N3O2. The summed E-state index contributed by atoms with van der Waals surface area (Å²) in [7, 11) is 0. The standard InChI is InChI=1S/C12H11F2N3O2/c1-2-10-11(12(18)19)15-16-17(10)6-7-3-4-8(13)5-9(7)14/h3-5H,2,6H2,1H3,(H,18,19). The van der Waals surface area contributed by atoms with Crippen LogP contribution in [0.5, 0.6) is 0 Å². The minimum absolute atomic E-state index is 0.00949. The molecule has 0 atom stereocenters. The molecule has 5 nitrogen and oxygen atoms in total. The van der Waals surface area contributed by atoms with Crippen LogP contribution in [0.1, 0.15) is 28.7 Å². The zero-order chi connectivity index (χ0) is 14.0. The van der Waals surface area contributed by atoms with Crippen LogP contribution in [0.3, 0.4) is 0 Å². The summed E-state index contributed by atoms with van der Waals surface area (Å²) in [6.45, 7) is 1.76. The van der Waals surface area contributed by atoms with Gasteiger partial charge in [0.25, 0.3) is 0 Å². The number of halogens is 2. The van der Waals surface area contributed by atoms with Crippen molar-refractivity contribution in [3.8, 4) is 0 Å². The summed E-state index contributed by atoms with van der Waals surface area (Å²) >= 11 is 0. The van der Waals surface area contributed by atoms with E-state index >= 15 is 0 Å². The van der Waals surface area contributed by atoms with Gasteiger partial charge in [0.15, 0.2) is 5.69 Å². The maximum Gasteiger partial charge on any atom is 0.358 e. The van der Waals surface area contributed by atoms with Crippen molar-refractivity contribution in [1.29, 1.82) is 0 Å². The van der Waals surface area contributed by atoms with Gasteiger partial charge in [-0.25, -0.2) is 18.3 Å². The predicted octanol–water partition coefficient (Wildman–Crippen LogP) is 1.87. The number of nitrogens with zero attached hydrogens (tertiary/aromatic N) is 3. The van der Waals surface area contributed by atoms with Gasteiger partial charge in [0.1, 0.15) is 11.6 Å². The Bertz CT molecular complexity index is 625. The van der Waals surface area contributed by atoms with E-state index in [0.717, 1.165) is 12.1 Å². The highest BCUT2D eigenvalue weighted by atomic mass is 19.1. The second-order valence-corrected chi connectivity index (χ2v) is 3.94. The molecule has 0 saturated heterocycles. The molecule has 1 aromatic carbocycles. The molecule has 0 saturated carbocycles. The second-order valence-electron chi connectivity index (χ2n) is 3.94. The van der Waals surface area contributed by atoms with E-state index in [9.17, 15) is 13.6 Å². The van der Waals surface area contributed by atoms with Gasteiger partial charge in [0.05, 0.1) is 12.2 Å². The number of hydrogen-bond donors (Lipinski definition) is 1. The molecule has 0 fully saturated rings. The zero-order valence-corrected chi connectivity index (χ0v) is 10.1. The van der Waals surface area contributed by atoms with Crippen LogP contribution < -0.4 is 0 Å². The monoisotopic (exact) mass is 267 g/mol. The second kappa shape index (κ2) is 5.13. The van der Waals surface area contributed by atoms with Crippen molar-refractivity contribution in [3.63, 3.8) is 0 Å². The third-order valence-electron chi connectivity index (χ3n) is 2.71. The Hall–Kier alpha value is -2.31. The summed E-state index contributed by atoms with van der Waals surface area (Å²) in [6.07, 6.45) is 0.400. The first kappa shape index (κ1) is 13.1. The summed E-state index contributed by atoms with van der Waals surface area (Å²) < 4.78 is 27.6. The summed E-state index contributed by atoms with van der Waals surface area (Å²) in [5, 5.41) is 16.2. The Labute approximate surface area is 107 Å². The molecule has 1 heterocycles. The molecule has 1 aromatic heterocycles. The molecule has 1 N–H and O–H groups in total. The molecule has 100 valence electrons. The predicted molar refractivity (Wildman–Crippen MR) is 61.8 cm³/mol. The summed E-state index contributed by atoms with van der Waals surface area (Å²) in [6, 6.07) is 3.21. The fourth-order valence-electron chi connectivity index (χ4n) is 1.79. The molecule has 0 spiro atoms. The summed E-state index contributed by atoms with van der Waals surface area (Å²) in [5.74, 6) is -2.54. The first-order valence-electron chi connectivity index (χ1n) is 5.62. The lowest BCUT2D eigenvalue weighted by Crippen LogP contribution is -2.09. The molecule has 19 heavy (non-hydrogen) atoms. The number of carboxylic acid groups (broad SMARTS) is 1. The Balaban J connectivity index is 2.35. The first-order valence-corrected chi connectivity index (χ1v) is 5.62. The fourth-order valence-corrected chi connectivity index (χ4v) is 1.79. The molecule has 0 unspecified atom stereocenters. The highest BCUT2D eigenvalue weighted by Crippen LogP contribution is 2.14. The number of rotatable bonds is 4. The van der Waals surface area contributed by atoms with Crippen molar-refractivity contribution in [3.05, 3.63) is 46.8 Å². The Morgan fingerprint density at radius 2 is 2.16 bits per heavy atom. The van der Waals surface area contributed by atoms with Crippen molar-refractivity contribution in [2.24, 2.45) is 0 Å². The molecule has 0 bridgehead atoms.